The van der Waals surface area contributed by atoms with E-state index in [-0.39, 0.29) is 0 Å². The second-order valence-electron chi connectivity index (χ2n) is 6.42. The van der Waals surface area contributed by atoms with Gasteiger partial charge in [0.1, 0.15) is 0 Å². The predicted molar refractivity (Wildman–Crippen MR) is 108 cm³/mol. The number of anilines is 2. The molecule has 3 nitrogen and oxygen atoms in total. The Morgan fingerprint density at radius 1 is 0.731 bits per heavy atom. The molecule has 0 aliphatic heterocycles. The summed E-state index contributed by atoms with van der Waals surface area (Å²) in [4.78, 5) is 0. The molecule has 128 valence electrons. The maximum atomic E-state index is 4.84. The zero-order valence-electron chi connectivity index (χ0n) is 15.0. The number of rotatable bonds is 4. The SMILES string of the molecule is Cc1cccc(C)c1Nc1cc(-c2ccccc2)n(-c2ccccc2)n1. The lowest BCUT2D eigenvalue weighted by molar-refractivity contribution is 0.891. The van der Waals surface area contributed by atoms with Crippen LogP contribution in [0, 0.1) is 13.8 Å². The van der Waals surface area contributed by atoms with E-state index in [1.54, 1.807) is 0 Å². The van der Waals surface area contributed by atoms with Crippen LogP contribution in [0.15, 0.2) is 84.9 Å². The molecule has 0 bridgehead atoms. The molecule has 1 heterocycles. The highest BCUT2D eigenvalue weighted by atomic mass is 15.3. The number of benzene rings is 3. The maximum Gasteiger partial charge on any atom is 0.153 e. The Morgan fingerprint density at radius 3 is 2.00 bits per heavy atom. The first kappa shape index (κ1) is 16.2. The molecular formula is C23H21N3. The molecule has 0 radical (unpaired) electrons. The molecule has 0 unspecified atom stereocenters. The van der Waals surface area contributed by atoms with Crippen LogP contribution in [0.2, 0.25) is 0 Å². The van der Waals surface area contributed by atoms with E-state index in [9.17, 15) is 0 Å². The van der Waals surface area contributed by atoms with Gasteiger partial charge in [-0.1, -0.05) is 66.7 Å². The van der Waals surface area contributed by atoms with Crippen LogP contribution in [0.3, 0.4) is 0 Å². The van der Waals surface area contributed by atoms with E-state index >= 15 is 0 Å². The van der Waals surface area contributed by atoms with Crippen LogP contribution in [-0.4, -0.2) is 9.78 Å². The van der Waals surface area contributed by atoms with Crippen molar-refractivity contribution in [1.29, 1.82) is 0 Å². The van der Waals surface area contributed by atoms with Crippen LogP contribution >= 0.6 is 0 Å². The minimum Gasteiger partial charge on any atom is -0.338 e. The van der Waals surface area contributed by atoms with Crippen molar-refractivity contribution in [2.24, 2.45) is 0 Å². The molecule has 0 atom stereocenters. The number of hydrogen-bond acceptors (Lipinski definition) is 2. The summed E-state index contributed by atoms with van der Waals surface area (Å²) < 4.78 is 1.99. The van der Waals surface area contributed by atoms with Gasteiger partial charge in [0.2, 0.25) is 0 Å². The number of aryl methyl sites for hydroxylation is 2. The van der Waals surface area contributed by atoms with E-state index in [0.29, 0.717) is 0 Å². The van der Waals surface area contributed by atoms with Crippen LogP contribution in [0.1, 0.15) is 11.1 Å². The maximum absolute atomic E-state index is 4.84. The lowest BCUT2D eigenvalue weighted by Gasteiger charge is -2.10. The standard InChI is InChI=1S/C23H21N3/c1-17-10-9-11-18(2)23(17)24-22-16-21(19-12-5-3-6-13-19)26(25-22)20-14-7-4-8-15-20/h3-16H,1-2H3,(H,24,25). The first-order valence-corrected chi connectivity index (χ1v) is 8.76. The summed E-state index contributed by atoms with van der Waals surface area (Å²) >= 11 is 0. The van der Waals surface area contributed by atoms with E-state index < -0.39 is 0 Å². The molecule has 3 heteroatoms. The molecule has 0 amide bonds. The largest absolute Gasteiger partial charge is 0.338 e. The second-order valence-corrected chi connectivity index (χ2v) is 6.42. The average molecular weight is 339 g/mol. The van der Waals surface area contributed by atoms with Crippen LogP contribution in [0.25, 0.3) is 16.9 Å². The lowest BCUT2D eigenvalue weighted by Crippen LogP contribution is -2.00. The van der Waals surface area contributed by atoms with Crippen molar-refractivity contribution in [3.63, 3.8) is 0 Å². The Bertz CT molecular complexity index is 941. The van der Waals surface area contributed by atoms with Crippen LogP contribution in [0.5, 0.6) is 0 Å². The average Bonchev–Trinajstić information content (AvgIpc) is 3.10. The zero-order valence-corrected chi connectivity index (χ0v) is 15.0. The molecule has 3 aromatic carbocycles. The van der Waals surface area contributed by atoms with Crippen LogP contribution < -0.4 is 5.32 Å². The van der Waals surface area contributed by atoms with Gasteiger partial charge in [0, 0.05) is 17.3 Å². The highest BCUT2D eigenvalue weighted by Gasteiger charge is 2.13. The van der Waals surface area contributed by atoms with E-state index in [0.717, 1.165) is 28.5 Å². The van der Waals surface area contributed by atoms with E-state index in [2.05, 4.69) is 79.8 Å². The van der Waals surface area contributed by atoms with Gasteiger partial charge in [-0.15, -0.1) is 5.10 Å². The Morgan fingerprint density at radius 2 is 1.35 bits per heavy atom. The molecule has 0 saturated carbocycles. The Labute approximate surface area is 153 Å². The Kier molecular flexibility index (Phi) is 4.28. The Hall–Kier alpha value is -3.33. The highest BCUT2D eigenvalue weighted by molar-refractivity contribution is 5.70. The van der Waals surface area contributed by atoms with Crippen molar-refractivity contribution in [1.82, 2.24) is 9.78 Å². The van der Waals surface area contributed by atoms with Crippen molar-refractivity contribution in [2.75, 3.05) is 5.32 Å². The molecule has 0 spiro atoms. The fourth-order valence-electron chi connectivity index (χ4n) is 3.16. The third-order valence-corrected chi connectivity index (χ3v) is 4.51. The minimum absolute atomic E-state index is 0.838. The van der Waals surface area contributed by atoms with Gasteiger partial charge in [-0.2, -0.15) is 0 Å². The van der Waals surface area contributed by atoms with Crippen molar-refractivity contribution in [3.8, 4) is 16.9 Å². The number of nitrogens with one attached hydrogen (secondary N) is 1. The van der Waals surface area contributed by atoms with E-state index in [1.165, 1.54) is 11.1 Å². The fourth-order valence-corrected chi connectivity index (χ4v) is 3.16. The van der Waals surface area contributed by atoms with Gasteiger partial charge >= 0.3 is 0 Å². The summed E-state index contributed by atoms with van der Waals surface area (Å²) in [7, 11) is 0. The van der Waals surface area contributed by atoms with E-state index in [1.807, 2.05) is 28.9 Å². The van der Waals surface area contributed by atoms with Crippen molar-refractivity contribution >= 4 is 11.5 Å². The number of hydrogen-bond donors (Lipinski definition) is 1. The number of para-hydroxylation sites is 2. The van der Waals surface area contributed by atoms with Gasteiger partial charge in [0.05, 0.1) is 11.4 Å². The zero-order chi connectivity index (χ0) is 17.9. The van der Waals surface area contributed by atoms with Gasteiger partial charge in [0.25, 0.3) is 0 Å². The van der Waals surface area contributed by atoms with Gasteiger partial charge in [-0.05, 0) is 37.1 Å². The van der Waals surface area contributed by atoms with Crippen LogP contribution in [-0.2, 0) is 0 Å². The molecule has 26 heavy (non-hydrogen) atoms. The predicted octanol–water partition coefficient (Wildman–Crippen LogP) is 5.90. The summed E-state index contributed by atoms with van der Waals surface area (Å²) in [6.45, 7) is 4.23. The normalized spacial score (nSPS) is 10.7. The smallest absolute Gasteiger partial charge is 0.153 e. The lowest BCUT2D eigenvalue weighted by atomic mass is 10.1. The number of aromatic nitrogens is 2. The van der Waals surface area contributed by atoms with Crippen molar-refractivity contribution < 1.29 is 0 Å². The third kappa shape index (κ3) is 3.11. The summed E-state index contributed by atoms with van der Waals surface area (Å²) in [5, 5.41) is 8.35. The summed E-state index contributed by atoms with van der Waals surface area (Å²) in [5.74, 6) is 0.838. The first-order chi connectivity index (χ1) is 12.7. The second kappa shape index (κ2) is 6.89. The van der Waals surface area contributed by atoms with Gasteiger partial charge in [0.15, 0.2) is 5.82 Å². The van der Waals surface area contributed by atoms with Crippen LogP contribution in [0.4, 0.5) is 11.5 Å². The highest BCUT2D eigenvalue weighted by Crippen LogP contribution is 2.29. The molecule has 4 rings (SSSR count). The summed E-state index contributed by atoms with van der Waals surface area (Å²) in [6, 6.07) is 29.0. The molecule has 1 N–H and O–H groups in total. The minimum atomic E-state index is 0.838. The van der Waals surface area contributed by atoms with Gasteiger partial charge in [-0.3, -0.25) is 0 Å². The van der Waals surface area contributed by atoms with Crippen molar-refractivity contribution in [3.05, 3.63) is 96.1 Å². The van der Waals surface area contributed by atoms with Gasteiger partial charge < -0.3 is 5.32 Å². The van der Waals surface area contributed by atoms with Crippen molar-refractivity contribution in [2.45, 2.75) is 13.8 Å². The summed E-state index contributed by atoms with van der Waals surface area (Å²) in [5.41, 5.74) is 6.77. The number of nitrogens with zero attached hydrogens (tertiary/aromatic N) is 2. The summed E-state index contributed by atoms with van der Waals surface area (Å²) in [6.07, 6.45) is 0. The molecule has 4 aromatic rings. The van der Waals surface area contributed by atoms with Gasteiger partial charge in [-0.25, -0.2) is 4.68 Å². The molecule has 0 aliphatic rings. The first-order valence-electron chi connectivity index (χ1n) is 8.76. The third-order valence-electron chi connectivity index (χ3n) is 4.51. The van der Waals surface area contributed by atoms with E-state index in [4.69, 9.17) is 5.10 Å². The molecular weight excluding hydrogens is 318 g/mol. The quantitative estimate of drug-likeness (QED) is 0.501. The molecule has 0 aliphatic carbocycles. The molecule has 0 fully saturated rings. The molecule has 1 aromatic heterocycles. The fraction of sp³-hybridized carbons (Fsp3) is 0.0870. The topological polar surface area (TPSA) is 29.9 Å². The Balaban J connectivity index is 1.81. The molecule has 0 saturated heterocycles. The monoisotopic (exact) mass is 339 g/mol.